The average molecular weight is 415 g/mol. The van der Waals surface area contributed by atoms with Crippen molar-refractivity contribution >= 4 is 46.4 Å². The molecule has 0 atom stereocenters. The molecule has 0 aliphatic carbocycles. The fourth-order valence-electron chi connectivity index (χ4n) is 2.37. The van der Waals surface area contributed by atoms with Crippen molar-refractivity contribution in [2.45, 2.75) is 0 Å². The number of ether oxygens (including phenoxy) is 1. The molecule has 0 aliphatic rings. The molecule has 0 radical (unpaired) electrons. The second kappa shape index (κ2) is 9.26. The lowest BCUT2D eigenvalue weighted by molar-refractivity contribution is -0.118. The minimum Gasteiger partial charge on any atom is -0.484 e. The molecule has 0 saturated carbocycles. The first-order chi connectivity index (χ1) is 13.5. The highest BCUT2D eigenvalue weighted by atomic mass is 35.5. The van der Waals surface area contributed by atoms with E-state index in [9.17, 15) is 9.59 Å². The number of nitrogens with one attached hydrogen (secondary N) is 2. The summed E-state index contributed by atoms with van der Waals surface area (Å²) < 4.78 is 5.39. The van der Waals surface area contributed by atoms with E-state index in [2.05, 4.69) is 10.6 Å². The van der Waals surface area contributed by atoms with E-state index in [1.807, 2.05) is 18.2 Å². The summed E-state index contributed by atoms with van der Waals surface area (Å²) in [6.45, 7) is -0.0996. The van der Waals surface area contributed by atoms with Crippen molar-refractivity contribution in [3.8, 4) is 5.75 Å². The Hall–Kier alpha value is -3.02. The molecule has 0 fully saturated rings. The Labute approximate surface area is 172 Å². The van der Waals surface area contributed by atoms with Gasteiger partial charge in [0.1, 0.15) is 5.75 Å². The highest BCUT2D eigenvalue weighted by Crippen LogP contribution is 2.22. The summed E-state index contributed by atoms with van der Waals surface area (Å²) in [5.74, 6) is -0.0140. The molecule has 3 rings (SSSR count). The molecule has 0 heterocycles. The van der Waals surface area contributed by atoms with Crippen LogP contribution in [-0.2, 0) is 4.79 Å². The molecule has 2 amide bonds. The second-order valence-corrected chi connectivity index (χ2v) is 6.65. The fourth-order valence-corrected chi connectivity index (χ4v) is 2.87. The van der Waals surface area contributed by atoms with Crippen molar-refractivity contribution in [1.82, 2.24) is 0 Å². The fraction of sp³-hybridized carbons (Fsp3) is 0.0476. The smallest absolute Gasteiger partial charge is 0.262 e. The van der Waals surface area contributed by atoms with E-state index < -0.39 is 0 Å². The zero-order valence-corrected chi connectivity index (χ0v) is 16.1. The first kappa shape index (κ1) is 19.7. The normalized spacial score (nSPS) is 10.2. The van der Waals surface area contributed by atoms with Crippen LogP contribution in [-0.4, -0.2) is 18.4 Å². The van der Waals surface area contributed by atoms with Crippen LogP contribution in [0.3, 0.4) is 0 Å². The lowest BCUT2D eigenvalue weighted by Gasteiger charge is -2.10. The monoisotopic (exact) mass is 414 g/mol. The third kappa shape index (κ3) is 5.49. The summed E-state index contributed by atoms with van der Waals surface area (Å²) in [5, 5.41) is 6.20. The quantitative estimate of drug-likeness (QED) is 0.577. The maximum Gasteiger partial charge on any atom is 0.262 e. The molecular weight excluding hydrogens is 399 g/mol. The number of hydrogen-bond acceptors (Lipinski definition) is 3. The van der Waals surface area contributed by atoms with Gasteiger partial charge in [0.15, 0.2) is 6.61 Å². The number of carbonyl (C=O) groups is 2. The third-order valence-electron chi connectivity index (χ3n) is 3.72. The molecule has 0 saturated heterocycles. The predicted molar refractivity (Wildman–Crippen MR) is 111 cm³/mol. The summed E-state index contributed by atoms with van der Waals surface area (Å²) in [6.07, 6.45) is 0. The molecule has 2 N–H and O–H groups in total. The molecule has 5 nitrogen and oxygen atoms in total. The Balaban J connectivity index is 1.54. The van der Waals surface area contributed by atoms with Crippen LogP contribution < -0.4 is 15.4 Å². The highest BCUT2D eigenvalue weighted by Gasteiger charge is 2.11. The van der Waals surface area contributed by atoms with E-state index in [1.54, 1.807) is 48.5 Å². The summed E-state index contributed by atoms with van der Waals surface area (Å²) in [5.41, 5.74) is 1.47. The summed E-state index contributed by atoms with van der Waals surface area (Å²) >= 11 is 11.9. The molecule has 7 heteroatoms. The molecule has 0 spiro atoms. The minimum atomic E-state index is -0.352. The van der Waals surface area contributed by atoms with Crippen molar-refractivity contribution in [2.75, 3.05) is 17.2 Å². The van der Waals surface area contributed by atoms with Gasteiger partial charge in [-0.1, -0.05) is 41.4 Å². The Morgan fingerprint density at radius 3 is 2.11 bits per heavy atom. The summed E-state index contributed by atoms with van der Waals surface area (Å²) in [7, 11) is 0. The van der Waals surface area contributed by atoms with Gasteiger partial charge in [-0.3, -0.25) is 9.59 Å². The van der Waals surface area contributed by atoms with Gasteiger partial charge in [0.05, 0.1) is 10.6 Å². The Morgan fingerprint density at radius 1 is 0.821 bits per heavy atom. The van der Waals surface area contributed by atoms with E-state index >= 15 is 0 Å². The maximum absolute atomic E-state index is 12.3. The SMILES string of the molecule is O=C(COc1ccccc1)Nc1ccc(NC(=O)c2ccc(Cl)cc2Cl)cc1. The number of para-hydroxylation sites is 1. The van der Waals surface area contributed by atoms with Crippen LogP contribution in [0.4, 0.5) is 11.4 Å². The molecule has 28 heavy (non-hydrogen) atoms. The van der Waals surface area contributed by atoms with Gasteiger partial charge >= 0.3 is 0 Å². The molecule has 0 aliphatic heterocycles. The van der Waals surface area contributed by atoms with Gasteiger partial charge in [-0.15, -0.1) is 0 Å². The second-order valence-electron chi connectivity index (χ2n) is 5.81. The van der Waals surface area contributed by atoms with Crippen LogP contribution in [0.2, 0.25) is 10.0 Å². The number of halogens is 2. The van der Waals surface area contributed by atoms with Crippen LogP contribution in [0, 0.1) is 0 Å². The van der Waals surface area contributed by atoms with E-state index in [0.29, 0.717) is 27.7 Å². The minimum absolute atomic E-state index is 0.0996. The van der Waals surface area contributed by atoms with Crippen molar-refractivity contribution in [1.29, 1.82) is 0 Å². The predicted octanol–water partition coefficient (Wildman–Crippen LogP) is 5.26. The van der Waals surface area contributed by atoms with Crippen LogP contribution >= 0.6 is 23.2 Å². The van der Waals surface area contributed by atoms with Gasteiger partial charge in [-0.2, -0.15) is 0 Å². The van der Waals surface area contributed by atoms with Crippen LogP contribution in [0.1, 0.15) is 10.4 Å². The molecular formula is C21H16Cl2N2O3. The Bertz CT molecular complexity index is 977. The number of amides is 2. The summed E-state index contributed by atoms with van der Waals surface area (Å²) in [6, 6.07) is 20.5. The Kier molecular flexibility index (Phi) is 6.53. The van der Waals surface area contributed by atoms with Gasteiger partial charge in [0.25, 0.3) is 11.8 Å². The van der Waals surface area contributed by atoms with Crippen LogP contribution in [0.25, 0.3) is 0 Å². The van der Waals surface area contributed by atoms with Gasteiger partial charge < -0.3 is 15.4 Å². The topological polar surface area (TPSA) is 67.4 Å². The molecule has 3 aromatic rings. The van der Waals surface area contributed by atoms with E-state index in [1.165, 1.54) is 6.07 Å². The molecule has 0 bridgehead atoms. The average Bonchev–Trinajstić information content (AvgIpc) is 2.68. The van der Waals surface area contributed by atoms with Gasteiger partial charge in [-0.05, 0) is 54.6 Å². The van der Waals surface area contributed by atoms with Gasteiger partial charge in [0.2, 0.25) is 0 Å². The van der Waals surface area contributed by atoms with E-state index in [0.717, 1.165) is 0 Å². The lowest BCUT2D eigenvalue weighted by atomic mass is 10.2. The number of rotatable bonds is 6. The van der Waals surface area contributed by atoms with E-state index in [-0.39, 0.29) is 23.4 Å². The number of hydrogen-bond donors (Lipinski definition) is 2. The van der Waals surface area contributed by atoms with Crippen molar-refractivity contribution in [3.63, 3.8) is 0 Å². The third-order valence-corrected chi connectivity index (χ3v) is 4.26. The first-order valence-corrected chi connectivity index (χ1v) is 9.11. The first-order valence-electron chi connectivity index (χ1n) is 8.35. The largest absolute Gasteiger partial charge is 0.484 e. The van der Waals surface area contributed by atoms with Gasteiger partial charge in [0, 0.05) is 16.4 Å². The zero-order chi connectivity index (χ0) is 19.9. The number of carbonyl (C=O) groups excluding carboxylic acids is 2. The molecule has 0 aromatic heterocycles. The van der Waals surface area contributed by atoms with Crippen molar-refractivity contribution < 1.29 is 14.3 Å². The van der Waals surface area contributed by atoms with Crippen molar-refractivity contribution in [2.24, 2.45) is 0 Å². The van der Waals surface area contributed by atoms with Crippen molar-refractivity contribution in [3.05, 3.63) is 88.4 Å². The Morgan fingerprint density at radius 2 is 1.46 bits per heavy atom. The van der Waals surface area contributed by atoms with Crippen LogP contribution in [0.15, 0.2) is 72.8 Å². The number of anilines is 2. The molecule has 3 aromatic carbocycles. The number of benzene rings is 3. The highest BCUT2D eigenvalue weighted by molar-refractivity contribution is 6.37. The molecule has 142 valence electrons. The maximum atomic E-state index is 12.3. The van der Waals surface area contributed by atoms with E-state index in [4.69, 9.17) is 27.9 Å². The summed E-state index contributed by atoms with van der Waals surface area (Å²) in [4.78, 5) is 24.3. The van der Waals surface area contributed by atoms with Gasteiger partial charge in [-0.25, -0.2) is 0 Å². The lowest BCUT2D eigenvalue weighted by Crippen LogP contribution is -2.20. The standard InChI is InChI=1S/C21H16Cl2N2O3/c22-14-6-11-18(19(23)12-14)21(27)25-16-9-7-15(8-10-16)24-20(26)13-28-17-4-2-1-3-5-17/h1-12H,13H2,(H,24,26)(H,25,27). The zero-order valence-electron chi connectivity index (χ0n) is 14.6. The molecule has 0 unspecified atom stereocenters. The van der Waals surface area contributed by atoms with Crippen LogP contribution in [0.5, 0.6) is 5.75 Å².